The first-order valence-electron chi connectivity index (χ1n) is 8.01. The zero-order valence-corrected chi connectivity index (χ0v) is 12.9. The zero-order valence-electron chi connectivity index (χ0n) is 12.9. The van der Waals surface area contributed by atoms with Crippen LogP contribution in [-0.2, 0) is 4.79 Å². The first-order chi connectivity index (χ1) is 9.00. The van der Waals surface area contributed by atoms with Gasteiger partial charge in [-0.1, -0.05) is 46.5 Å². The third-order valence-electron chi connectivity index (χ3n) is 4.30. The average Bonchev–Trinajstić information content (AvgIpc) is 2.35. The lowest BCUT2D eigenvalue weighted by Crippen LogP contribution is -2.47. The Balaban J connectivity index is 2.42. The summed E-state index contributed by atoms with van der Waals surface area (Å²) in [6, 6.07) is 0. The Bertz CT molecular complexity index is 274. The van der Waals surface area contributed by atoms with Gasteiger partial charge in [-0.15, -0.1) is 0 Å². The number of aliphatic hydroxyl groups is 1. The van der Waals surface area contributed by atoms with Gasteiger partial charge in [-0.25, -0.2) is 0 Å². The van der Waals surface area contributed by atoms with Crippen LogP contribution in [0.4, 0.5) is 0 Å². The summed E-state index contributed by atoms with van der Waals surface area (Å²) in [7, 11) is 0. The normalized spacial score (nSPS) is 27.5. The molecule has 0 aliphatic heterocycles. The van der Waals surface area contributed by atoms with Crippen molar-refractivity contribution in [3.8, 4) is 0 Å². The van der Waals surface area contributed by atoms with Crippen LogP contribution >= 0.6 is 0 Å². The SMILES string of the molecule is CCCC(CCC)C(=O)NCC1(O)CCCC(C)C1. The molecular formula is C16H31NO2. The van der Waals surface area contributed by atoms with Crippen LogP contribution < -0.4 is 5.32 Å². The van der Waals surface area contributed by atoms with Gasteiger partial charge < -0.3 is 10.4 Å². The molecule has 1 amide bonds. The lowest BCUT2D eigenvalue weighted by Gasteiger charge is -2.36. The van der Waals surface area contributed by atoms with E-state index in [1.807, 2.05) is 0 Å². The Kier molecular flexibility index (Phi) is 6.84. The summed E-state index contributed by atoms with van der Waals surface area (Å²) in [6.07, 6.45) is 7.90. The van der Waals surface area contributed by atoms with Gasteiger partial charge in [0.15, 0.2) is 0 Å². The first-order valence-corrected chi connectivity index (χ1v) is 8.01. The maximum absolute atomic E-state index is 12.2. The van der Waals surface area contributed by atoms with E-state index in [1.165, 1.54) is 6.42 Å². The second-order valence-corrected chi connectivity index (χ2v) is 6.42. The second kappa shape index (κ2) is 7.88. The molecule has 19 heavy (non-hydrogen) atoms. The van der Waals surface area contributed by atoms with Crippen molar-refractivity contribution < 1.29 is 9.90 Å². The van der Waals surface area contributed by atoms with Gasteiger partial charge in [0.2, 0.25) is 5.91 Å². The molecule has 3 heteroatoms. The highest BCUT2D eigenvalue weighted by Crippen LogP contribution is 2.31. The molecule has 1 aliphatic carbocycles. The predicted molar refractivity (Wildman–Crippen MR) is 78.9 cm³/mol. The van der Waals surface area contributed by atoms with E-state index < -0.39 is 5.60 Å². The van der Waals surface area contributed by atoms with E-state index in [9.17, 15) is 9.90 Å². The molecule has 2 N–H and O–H groups in total. The molecule has 0 aromatic rings. The van der Waals surface area contributed by atoms with E-state index in [0.29, 0.717) is 12.5 Å². The number of carbonyl (C=O) groups is 1. The minimum absolute atomic E-state index is 0.125. The van der Waals surface area contributed by atoms with Crippen LogP contribution in [0.15, 0.2) is 0 Å². The highest BCUT2D eigenvalue weighted by Gasteiger charge is 2.33. The summed E-state index contributed by atoms with van der Waals surface area (Å²) in [6.45, 7) is 6.85. The Hall–Kier alpha value is -0.570. The maximum atomic E-state index is 12.2. The van der Waals surface area contributed by atoms with Gasteiger partial charge in [0, 0.05) is 12.5 Å². The minimum atomic E-state index is -0.670. The monoisotopic (exact) mass is 269 g/mol. The average molecular weight is 269 g/mol. The van der Waals surface area contributed by atoms with Crippen LogP contribution in [0.5, 0.6) is 0 Å². The lowest BCUT2D eigenvalue weighted by molar-refractivity contribution is -0.127. The van der Waals surface area contributed by atoms with Gasteiger partial charge in [-0.3, -0.25) is 4.79 Å². The zero-order chi connectivity index (χ0) is 14.3. The smallest absolute Gasteiger partial charge is 0.223 e. The van der Waals surface area contributed by atoms with Crippen LogP contribution in [0.25, 0.3) is 0 Å². The molecule has 1 aliphatic rings. The van der Waals surface area contributed by atoms with Crippen molar-refractivity contribution in [2.75, 3.05) is 6.54 Å². The van der Waals surface area contributed by atoms with Gasteiger partial charge in [0.1, 0.15) is 0 Å². The molecule has 0 aromatic heterocycles. The Morgan fingerprint density at radius 3 is 2.53 bits per heavy atom. The summed E-state index contributed by atoms with van der Waals surface area (Å²) in [5, 5.41) is 13.5. The molecule has 3 nitrogen and oxygen atoms in total. The summed E-state index contributed by atoms with van der Waals surface area (Å²) in [5.74, 6) is 0.827. The minimum Gasteiger partial charge on any atom is -0.388 e. The standard InChI is InChI=1S/C16H31NO2/c1-4-7-14(8-5-2)15(18)17-12-16(19)10-6-9-13(3)11-16/h13-14,19H,4-12H2,1-3H3,(H,17,18). The van der Waals surface area contributed by atoms with E-state index in [4.69, 9.17) is 0 Å². The largest absolute Gasteiger partial charge is 0.388 e. The van der Waals surface area contributed by atoms with E-state index >= 15 is 0 Å². The molecule has 1 fully saturated rings. The molecule has 0 saturated heterocycles. The third-order valence-corrected chi connectivity index (χ3v) is 4.30. The van der Waals surface area contributed by atoms with Crippen LogP contribution in [0, 0.1) is 11.8 Å². The Morgan fingerprint density at radius 2 is 2.00 bits per heavy atom. The molecule has 1 saturated carbocycles. The molecule has 2 unspecified atom stereocenters. The predicted octanol–water partition coefficient (Wildman–Crippen LogP) is 3.26. The molecule has 0 aromatic carbocycles. The van der Waals surface area contributed by atoms with E-state index in [1.54, 1.807) is 0 Å². The van der Waals surface area contributed by atoms with Crippen molar-refractivity contribution in [2.24, 2.45) is 11.8 Å². The second-order valence-electron chi connectivity index (χ2n) is 6.42. The van der Waals surface area contributed by atoms with Gasteiger partial charge in [-0.05, 0) is 31.6 Å². The summed E-state index contributed by atoms with van der Waals surface area (Å²) >= 11 is 0. The Labute approximate surface area is 118 Å². The van der Waals surface area contributed by atoms with Crippen LogP contribution in [0.2, 0.25) is 0 Å². The van der Waals surface area contributed by atoms with Gasteiger partial charge in [-0.2, -0.15) is 0 Å². The summed E-state index contributed by atoms with van der Waals surface area (Å²) in [5.41, 5.74) is -0.670. The number of rotatable bonds is 7. The molecule has 1 rings (SSSR count). The molecule has 0 bridgehead atoms. The molecule has 0 spiro atoms. The van der Waals surface area contributed by atoms with E-state index in [0.717, 1.165) is 44.9 Å². The lowest BCUT2D eigenvalue weighted by atomic mass is 9.79. The van der Waals surface area contributed by atoms with Crippen LogP contribution in [-0.4, -0.2) is 23.2 Å². The molecule has 112 valence electrons. The van der Waals surface area contributed by atoms with E-state index in [-0.39, 0.29) is 11.8 Å². The topological polar surface area (TPSA) is 49.3 Å². The van der Waals surface area contributed by atoms with Crippen molar-refractivity contribution in [1.82, 2.24) is 5.32 Å². The van der Waals surface area contributed by atoms with E-state index in [2.05, 4.69) is 26.1 Å². The fourth-order valence-corrected chi connectivity index (χ4v) is 3.29. The molecule has 0 radical (unpaired) electrons. The van der Waals surface area contributed by atoms with Crippen molar-refractivity contribution in [3.05, 3.63) is 0 Å². The third kappa shape index (κ3) is 5.52. The number of hydrogen-bond donors (Lipinski definition) is 2. The van der Waals surface area contributed by atoms with Crippen molar-refractivity contribution in [1.29, 1.82) is 0 Å². The Morgan fingerprint density at radius 1 is 1.37 bits per heavy atom. The van der Waals surface area contributed by atoms with Gasteiger partial charge in [0.25, 0.3) is 0 Å². The van der Waals surface area contributed by atoms with Crippen LogP contribution in [0.3, 0.4) is 0 Å². The fraction of sp³-hybridized carbons (Fsp3) is 0.938. The molecular weight excluding hydrogens is 238 g/mol. The van der Waals surface area contributed by atoms with Crippen LogP contribution in [0.1, 0.15) is 72.1 Å². The first kappa shape index (κ1) is 16.5. The van der Waals surface area contributed by atoms with Gasteiger partial charge >= 0.3 is 0 Å². The van der Waals surface area contributed by atoms with Crippen molar-refractivity contribution in [2.45, 2.75) is 77.7 Å². The number of amides is 1. The molecule has 2 atom stereocenters. The van der Waals surface area contributed by atoms with Gasteiger partial charge in [0.05, 0.1) is 5.60 Å². The number of carbonyl (C=O) groups excluding carboxylic acids is 1. The highest BCUT2D eigenvalue weighted by atomic mass is 16.3. The van der Waals surface area contributed by atoms with Crippen molar-refractivity contribution in [3.63, 3.8) is 0 Å². The maximum Gasteiger partial charge on any atom is 0.223 e. The highest BCUT2D eigenvalue weighted by molar-refractivity contribution is 5.78. The summed E-state index contributed by atoms with van der Waals surface area (Å²) in [4.78, 5) is 12.2. The molecule has 0 heterocycles. The fourth-order valence-electron chi connectivity index (χ4n) is 3.29. The quantitative estimate of drug-likeness (QED) is 0.745. The number of nitrogens with one attached hydrogen (secondary N) is 1. The van der Waals surface area contributed by atoms with Crippen molar-refractivity contribution >= 4 is 5.91 Å². The number of hydrogen-bond acceptors (Lipinski definition) is 2. The summed E-state index contributed by atoms with van der Waals surface area (Å²) < 4.78 is 0.